The van der Waals surface area contributed by atoms with E-state index in [1.54, 1.807) is 0 Å². The highest BCUT2D eigenvalue weighted by Crippen LogP contribution is 2.23. The number of aryl methyl sites for hydroxylation is 2. The van der Waals surface area contributed by atoms with Crippen LogP contribution in [0.2, 0.25) is 0 Å². The van der Waals surface area contributed by atoms with E-state index in [-0.39, 0.29) is 0 Å². The highest BCUT2D eigenvalue weighted by atomic mass is 14.8. The van der Waals surface area contributed by atoms with Crippen LogP contribution in [0.4, 0.5) is 5.69 Å². The molecular weight excluding hydrogens is 242 g/mol. The maximum atomic E-state index is 4.16. The maximum Gasteiger partial charge on any atom is 0.0413 e. The quantitative estimate of drug-likeness (QED) is 0.759. The van der Waals surface area contributed by atoms with E-state index in [2.05, 4.69) is 80.4 Å². The average molecular weight is 263 g/mol. The molecule has 102 valence electrons. The minimum atomic E-state index is 1.03. The zero-order valence-corrected chi connectivity index (χ0v) is 12.4. The summed E-state index contributed by atoms with van der Waals surface area (Å²) in [7, 11) is 1.95. The van der Waals surface area contributed by atoms with Crippen LogP contribution in [0.25, 0.3) is 11.6 Å². The smallest absolute Gasteiger partial charge is 0.0413 e. The van der Waals surface area contributed by atoms with Gasteiger partial charge in [0.05, 0.1) is 0 Å². The van der Waals surface area contributed by atoms with Gasteiger partial charge in [-0.05, 0) is 36.6 Å². The van der Waals surface area contributed by atoms with Gasteiger partial charge in [-0.1, -0.05) is 60.7 Å². The lowest BCUT2D eigenvalue weighted by atomic mass is 10.0. The zero-order valence-electron chi connectivity index (χ0n) is 12.4. The molecule has 2 aromatic carbocycles. The molecule has 1 heteroatoms. The number of hydrogen-bond acceptors (Lipinski definition) is 1. The molecule has 0 heterocycles. The molecule has 0 atom stereocenters. The van der Waals surface area contributed by atoms with Crippen LogP contribution in [0, 0.1) is 13.8 Å². The van der Waals surface area contributed by atoms with Crippen LogP contribution in [0.5, 0.6) is 0 Å². The third-order valence-corrected chi connectivity index (χ3v) is 3.43. The highest BCUT2D eigenvalue weighted by Gasteiger charge is 2.01. The predicted octanol–water partition coefficient (Wildman–Crippen LogP) is 5.07. The number of hydrogen-bond donors (Lipinski definition) is 1. The van der Waals surface area contributed by atoms with E-state index in [1.165, 1.54) is 22.3 Å². The fourth-order valence-corrected chi connectivity index (χ4v) is 2.24. The van der Waals surface area contributed by atoms with Crippen molar-refractivity contribution in [2.45, 2.75) is 13.8 Å². The Labute approximate surface area is 121 Å². The molecule has 0 unspecified atom stereocenters. The van der Waals surface area contributed by atoms with Gasteiger partial charge in [-0.25, -0.2) is 0 Å². The van der Waals surface area contributed by atoms with Crippen molar-refractivity contribution in [3.63, 3.8) is 0 Å². The number of benzene rings is 2. The van der Waals surface area contributed by atoms with Crippen molar-refractivity contribution in [3.8, 4) is 0 Å². The van der Waals surface area contributed by atoms with Crippen LogP contribution in [0.15, 0.2) is 55.1 Å². The Morgan fingerprint density at radius 1 is 1.10 bits per heavy atom. The van der Waals surface area contributed by atoms with Crippen LogP contribution in [-0.2, 0) is 0 Å². The number of nitrogens with one attached hydrogen (secondary N) is 1. The fraction of sp³-hybridized carbons (Fsp3) is 0.158. The van der Waals surface area contributed by atoms with Gasteiger partial charge < -0.3 is 5.32 Å². The second-order valence-corrected chi connectivity index (χ2v) is 5.01. The lowest BCUT2D eigenvalue weighted by molar-refractivity contribution is 1.40. The summed E-state index contributed by atoms with van der Waals surface area (Å²) < 4.78 is 0. The zero-order chi connectivity index (χ0) is 14.5. The molecule has 0 aliphatic carbocycles. The number of anilines is 1. The first-order chi connectivity index (χ1) is 9.61. The Morgan fingerprint density at radius 3 is 2.55 bits per heavy atom. The Kier molecular flexibility index (Phi) is 4.41. The highest BCUT2D eigenvalue weighted by molar-refractivity contribution is 5.80. The summed E-state index contributed by atoms with van der Waals surface area (Å²) >= 11 is 0. The summed E-state index contributed by atoms with van der Waals surface area (Å²) in [6.07, 6.45) is 4.21. The molecule has 0 fully saturated rings. The van der Waals surface area contributed by atoms with Crippen LogP contribution >= 0.6 is 0 Å². The molecule has 0 saturated carbocycles. The van der Waals surface area contributed by atoms with E-state index >= 15 is 0 Å². The van der Waals surface area contributed by atoms with Crippen LogP contribution in [-0.4, -0.2) is 7.05 Å². The van der Waals surface area contributed by atoms with Gasteiger partial charge in [0.1, 0.15) is 0 Å². The van der Waals surface area contributed by atoms with E-state index in [9.17, 15) is 0 Å². The van der Waals surface area contributed by atoms with E-state index in [0.29, 0.717) is 0 Å². The number of allylic oxidation sites excluding steroid dienone is 2. The molecule has 0 radical (unpaired) electrons. The molecular formula is C19H21N. The average Bonchev–Trinajstić information content (AvgIpc) is 2.45. The third-order valence-electron chi connectivity index (χ3n) is 3.43. The lowest BCUT2D eigenvalue weighted by Crippen LogP contribution is -1.93. The molecule has 1 N–H and O–H groups in total. The maximum absolute atomic E-state index is 4.16. The summed E-state index contributed by atoms with van der Waals surface area (Å²) in [5.74, 6) is 0. The first-order valence-corrected chi connectivity index (χ1v) is 6.83. The summed E-state index contributed by atoms with van der Waals surface area (Å²) in [4.78, 5) is 0. The first kappa shape index (κ1) is 14.1. The van der Waals surface area contributed by atoms with Gasteiger partial charge in [-0.2, -0.15) is 0 Å². The standard InChI is InChI=1S/C19H21N/c1-14-7-5-9-17(13-14)15(2)11-12-18-16(3)8-6-10-19(18)20-4/h5-13,20H,2H2,1,3-4H3/b12-11-. The normalized spacial score (nSPS) is 10.8. The molecule has 2 aromatic rings. The van der Waals surface area contributed by atoms with Gasteiger partial charge in [-0.3, -0.25) is 0 Å². The largest absolute Gasteiger partial charge is 0.388 e. The van der Waals surface area contributed by atoms with Crippen molar-refractivity contribution in [1.29, 1.82) is 0 Å². The van der Waals surface area contributed by atoms with E-state index in [0.717, 1.165) is 11.3 Å². The second kappa shape index (κ2) is 6.25. The molecule has 0 amide bonds. The first-order valence-electron chi connectivity index (χ1n) is 6.83. The Hall–Kier alpha value is -2.28. The van der Waals surface area contributed by atoms with Gasteiger partial charge >= 0.3 is 0 Å². The van der Waals surface area contributed by atoms with Gasteiger partial charge in [0.15, 0.2) is 0 Å². The topological polar surface area (TPSA) is 12.0 Å². The van der Waals surface area contributed by atoms with Crippen molar-refractivity contribution < 1.29 is 0 Å². The molecule has 1 nitrogen and oxygen atoms in total. The van der Waals surface area contributed by atoms with Gasteiger partial charge in [0, 0.05) is 18.3 Å². The van der Waals surface area contributed by atoms with Crippen LogP contribution < -0.4 is 5.32 Å². The van der Waals surface area contributed by atoms with Crippen molar-refractivity contribution in [2.24, 2.45) is 0 Å². The second-order valence-electron chi connectivity index (χ2n) is 5.01. The van der Waals surface area contributed by atoms with Crippen LogP contribution in [0.1, 0.15) is 22.3 Å². The van der Waals surface area contributed by atoms with Gasteiger partial charge in [0.25, 0.3) is 0 Å². The monoisotopic (exact) mass is 263 g/mol. The van der Waals surface area contributed by atoms with Crippen molar-refractivity contribution in [1.82, 2.24) is 0 Å². The summed E-state index contributed by atoms with van der Waals surface area (Å²) in [6, 6.07) is 14.7. The minimum Gasteiger partial charge on any atom is -0.388 e. The van der Waals surface area contributed by atoms with E-state index in [4.69, 9.17) is 0 Å². The summed E-state index contributed by atoms with van der Waals surface area (Å²) in [6.45, 7) is 8.38. The Balaban J connectivity index is 2.28. The van der Waals surface area contributed by atoms with Crippen molar-refractivity contribution >= 4 is 17.3 Å². The Bertz CT molecular complexity index is 651. The predicted molar refractivity (Wildman–Crippen MR) is 90.0 cm³/mol. The van der Waals surface area contributed by atoms with Crippen molar-refractivity contribution in [3.05, 3.63) is 77.4 Å². The number of rotatable bonds is 4. The summed E-state index contributed by atoms with van der Waals surface area (Å²) in [5.41, 5.74) is 7.05. The van der Waals surface area contributed by atoms with Crippen molar-refractivity contribution in [2.75, 3.05) is 12.4 Å². The molecule has 0 aliphatic rings. The van der Waals surface area contributed by atoms with Crippen LogP contribution in [0.3, 0.4) is 0 Å². The molecule has 2 rings (SSSR count). The SMILES string of the molecule is C=C(/C=C\c1c(C)cccc1NC)c1cccc(C)c1. The van der Waals surface area contributed by atoms with E-state index in [1.807, 2.05) is 7.05 Å². The molecule has 0 aromatic heterocycles. The van der Waals surface area contributed by atoms with E-state index < -0.39 is 0 Å². The lowest BCUT2D eigenvalue weighted by Gasteiger charge is -2.09. The molecule has 0 saturated heterocycles. The minimum absolute atomic E-state index is 1.03. The molecule has 0 bridgehead atoms. The Morgan fingerprint density at radius 2 is 1.85 bits per heavy atom. The molecule has 0 spiro atoms. The summed E-state index contributed by atoms with van der Waals surface area (Å²) in [5, 5.41) is 3.23. The van der Waals surface area contributed by atoms with Gasteiger partial charge in [0.2, 0.25) is 0 Å². The molecule has 20 heavy (non-hydrogen) atoms. The molecule has 0 aliphatic heterocycles. The fourth-order valence-electron chi connectivity index (χ4n) is 2.24. The van der Waals surface area contributed by atoms with Gasteiger partial charge in [-0.15, -0.1) is 0 Å². The third kappa shape index (κ3) is 3.18.